The van der Waals surface area contributed by atoms with Gasteiger partial charge < -0.3 is 69.3 Å². The number of rotatable bonds is 14. The fourth-order valence-corrected chi connectivity index (χ4v) is 1.43. The molecule has 0 rings (SSSR count). The normalized spacial score (nSPS) is 9.20. The van der Waals surface area contributed by atoms with Crippen molar-refractivity contribution in [2.45, 2.75) is 0 Å². The molecule has 0 aromatic rings. The topological polar surface area (TPSA) is 445 Å². The van der Waals surface area contributed by atoms with E-state index in [1.165, 1.54) is 0 Å². The van der Waals surface area contributed by atoms with Gasteiger partial charge >= 0.3 is 43.6 Å². The van der Waals surface area contributed by atoms with Gasteiger partial charge in [-0.05, 0) is 0 Å². The molecule has 28 nitrogen and oxygen atoms in total. The molecule has 0 bridgehead atoms. The molecule has 0 aromatic heterocycles. The first-order chi connectivity index (χ1) is 21.9. The first kappa shape index (κ1) is 71.6. The minimum Gasteiger partial charge on any atom is -0.549 e. The van der Waals surface area contributed by atoms with Gasteiger partial charge in [0.2, 0.25) is 0 Å². The van der Waals surface area contributed by atoms with Crippen molar-refractivity contribution >= 4 is 142 Å². The summed E-state index contributed by atoms with van der Waals surface area (Å²) >= 11 is 32.5. The van der Waals surface area contributed by atoms with E-state index in [-0.39, 0.29) is 75.6 Å². The number of hydrogen-bond acceptors (Lipinski definition) is 28. The van der Waals surface area contributed by atoms with Crippen LogP contribution >= 0.6 is 82.4 Å². The molecule has 37 heteroatoms. The van der Waals surface area contributed by atoms with E-state index in [1.54, 1.807) is 0 Å². The number of nitrogens with zero attached hydrogens (tertiary/aromatic N) is 7. The van der Waals surface area contributed by atoms with Gasteiger partial charge in [0.05, 0.1) is 87.6 Å². The molecule has 51 heavy (non-hydrogen) atoms. The number of carboxylic acid groups (broad SMARTS) is 7. The van der Waals surface area contributed by atoms with Crippen molar-refractivity contribution < 1.29 is 132 Å². The van der Waals surface area contributed by atoms with Crippen molar-refractivity contribution in [3.63, 3.8) is 0 Å². The number of carbonyl (C=O) groups excluding carboxylic acids is 7. The Labute approximate surface area is 349 Å². The van der Waals surface area contributed by atoms with Crippen molar-refractivity contribution in [3.05, 3.63) is 0 Å². The number of aliphatic carboxylic acids is 7. The molecule has 0 amide bonds. The first-order valence-electron chi connectivity index (χ1n) is 10.1. The Kier molecular flexibility index (Phi) is 69.0. The van der Waals surface area contributed by atoms with Crippen LogP contribution < -0.4 is 35.7 Å². The second kappa shape index (κ2) is 49.2. The Morgan fingerprint density at radius 1 is 0.314 bits per heavy atom. The van der Waals surface area contributed by atoms with E-state index >= 15 is 0 Å². The van der Waals surface area contributed by atoms with Gasteiger partial charge in [0.15, 0.2) is 0 Å². The van der Waals surface area contributed by atoms with Crippen LogP contribution in [-0.2, 0) is 59.8 Å². The van der Waals surface area contributed by atoms with Gasteiger partial charge in [0.1, 0.15) is 0 Å². The molecule has 0 aromatic carbocycles. The van der Waals surface area contributed by atoms with Gasteiger partial charge in [-0.1, -0.05) is 32.1 Å². The second-order valence-electron chi connectivity index (χ2n) is 6.07. The third kappa shape index (κ3) is 148. The van der Waals surface area contributed by atoms with Crippen LogP contribution in [0.4, 0.5) is 0 Å². The minimum absolute atomic E-state index is 0. The smallest absolute Gasteiger partial charge is 0.549 e. The predicted octanol–water partition coefficient (Wildman–Crippen LogP) is -10.3. The summed E-state index contributed by atoms with van der Waals surface area (Å²) in [7, 11) is 0. The Morgan fingerprint density at radius 2 is 0.373 bits per heavy atom. The molecule has 0 atom stereocenters. The van der Waals surface area contributed by atoms with Gasteiger partial charge in [-0.15, -0.1) is 0 Å². The molecule has 0 radical (unpaired) electrons. The predicted molar refractivity (Wildman–Crippen MR) is 141 cm³/mol. The molecule has 7 N–H and O–H groups in total. The summed E-state index contributed by atoms with van der Waals surface area (Å²) < 4.78 is 0.0648. The molecule has 0 fully saturated rings. The van der Waals surface area contributed by atoms with Crippen LogP contribution in [0.1, 0.15) is 0 Å². The van der Waals surface area contributed by atoms with Crippen LogP contribution in [0.3, 0.4) is 0 Å². The summed E-state index contributed by atoms with van der Waals surface area (Å²) in [5.74, 6) is -9.93. The van der Waals surface area contributed by atoms with Crippen LogP contribution in [-0.4, -0.2) is 173 Å². The van der Waals surface area contributed by atoms with Crippen molar-refractivity contribution in [2.75, 3.05) is 45.8 Å². The standard InChI is InChI=1S/7C2H4ClNO3.Al.Zr/c7*3-4(7)1-2(5)6;;/h7*7H,1H2,(H,5,6);;/q;;;;;;;+3;+4/p-7. The molecule has 0 aliphatic heterocycles. The van der Waals surface area contributed by atoms with Gasteiger partial charge in [0.25, 0.3) is 0 Å². The van der Waals surface area contributed by atoms with Crippen molar-refractivity contribution in [1.82, 2.24) is 32.1 Å². The van der Waals surface area contributed by atoms with Crippen LogP contribution in [0.25, 0.3) is 0 Å². The molecular weight excluding hydrogens is 969 g/mol. The molecule has 294 valence electrons. The third-order valence-corrected chi connectivity index (χ3v) is 2.65. The molecule has 0 saturated carbocycles. The SMILES string of the molecule is O=C([O-])CN(O)Cl.O=C([O-])CN(O)Cl.O=C([O-])CN(O)Cl.O=C([O-])CN(O)Cl.O=C([O-])CN(O)Cl.O=C([O-])CN(O)Cl.O=C([O-])CN(O)Cl.[Al+3].[Zr+4]. The molecule has 0 aliphatic rings. The molecular formula is C14H21AlCl7N7O21Zr. The number of carboxylic acids is 7. The van der Waals surface area contributed by atoms with E-state index in [1.807, 2.05) is 0 Å². The minimum atomic E-state index is -1.42. The Balaban J connectivity index is -0.0000000573. The quantitative estimate of drug-likeness (QED) is 0.0483. The van der Waals surface area contributed by atoms with Gasteiger partial charge in [-0.2, -0.15) is 0 Å². The summed E-state index contributed by atoms with van der Waals surface area (Å²) in [6.07, 6.45) is 0. The van der Waals surface area contributed by atoms with Crippen LogP contribution in [0.2, 0.25) is 0 Å². The maximum absolute atomic E-state index is 9.41. The summed E-state index contributed by atoms with van der Waals surface area (Å²) in [5.41, 5.74) is 0. The fraction of sp³-hybridized carbons (Fsp3) is 0.500. The summed E-state index contributed by atoms with van der Waals surface area (Å²) in [4.78, 5) is 65.9. The van der Waals surface area contributed by atoms with Crippen LogP contribution in [0.15, 0.2) is 0 Å². The van der Waals surface area contributed by atoms with Gasteiger partial charge in [-0.3, -0.25) is 36.5 Å². The number of hydroxylamine groups is 7. The third-order valence-electron chi connectivity index (χ3n) is 1.82. The number of carbonyl (C=O) groups is 7. The largest absolute Gasteiger partial charge is 4.00 e. The summed E-state index contributed by atoms with van der Waals surface area (Å²) in [6, 6.07) is 0. The van der Waals surface area contributed by atoms with Crippen molar-refractivity contribution in [3.8, 4) is 0 Å². The number of hydrogen-bond donors (Lipinski definition) is 7. The van der Waals surface area contributed by atoms with Crippen LogP contribution in [0, 0.1) is 0 Å². The molecule has 0 unspecified atom stereocenters. The van der Waals surface area contributed by atoms with Crippen molar-refractivity contribution in [1.29, 1.82) is 0 Å². The summed E-state index contributed by atoms with van der Waals surface area (Å²) in [6.45, 7) is -4.75. The molecule has 0 heterocycles. The number of halogens is 7. The second-order valence-corrected chi connectivity index (χ2v) is 8.80. The van der Waals surface area contributed by atoms with Crippen LogP contribution in [0.5, 0.6) is 0 Å². The zero-order chi connectivity index (χ0) is 41.0. The van der Waals surface area contributed by atoms with E-state index in [0.717, 1.165) is 0 Å². The maximum Gasteiger partial charge on any atom is 4.00 e. The van der Waals surface area contributed by atoms with E-state index in [9.17, 15) is 69.3 Å². The van der Waals surface area contributed by atoms with E-state index in [0.29, 0.717) is 0 Å². The first-order valence-corrected chi connectivity index (χ1v) is 12.5. The van der Waals surface area contributed by atoms with Gasteiger partial charge in [0, 0.05) is 82.4 Å². The van der Waals surface area contributed by atoms with E-state index in [4.69, 9.17) is 36.5 Å². The maximum atomic E-state index is 9.41. The zero-order valence-corrected chi connectivity index (χ0v) is 33.1. The molecule has 0 spiro atoms. The van der Waals surface area contributed by atoms with Gasteiger partial charge in [-0.25, -0.2) is 0 Å². The average Bonchev–Trinajstić information content (AvgIpc) is 2.74. The van der Waals surface area contributed by atoms with Crippen molar-refractivity contribution in [2.24, 2.45) is 0 Å². The summed E-state index contributed by atoms with van der Waals surface area (Å²) in [5, 5.41) is 121. The molecule has 0 aliphatic carbocycles. The van der Waals surface area contributed by atoms with E-state index in [2.05, 4.69) is 82.4 Å². The fourth-order valence-electron chi connectivity index (χ4n) is 0.746. The molecule has 0 saturated heterocycles. The Hall–Kier alpha value is -0.824. The Morgan fingerprint density at radius 3 is 0.373 bits per heavy atom. The average molecular weight is 990 g/mol. The monoisotopic (exact) mass is 985 g/mol. The zero-order valence-electron chi connectivity index (χ0n) is 24.1. The van der Waals surface area contributed by atoms with E-state index < -0.39 is 87.6 Å². The Bertz CT molecular complexity index is 724.